The van der Waals surface area contributed by atoms with Crippen LogP contribution in [0.4, 0.5) is 0 Å². The van der Waals surface area contributed by atoms with E-state index in [1.165, 1.54) is 0 Å². The molecule has 2 N–H and O–H groups in total. The summed E-state index contributed by atoms with van der Waals surface area (Å²) in [7, 11) is 0. The number of amides is 1. The molecule has 112 valence electrons. The topological polar surface area (TPSA) is 58.6 Å². The molecule has 1 atom stereocenters. The van der Waals surface area contributed by atoms with Gasteiger partial charge in [0.05, 0.1) is 4.47 Å². The Kier molecular flexibility index (Phi) is 7.62. The Hall–Kier alpha value is -1.07. The minimum atomic E-state index is -0.130. The maximum absolute atomic E-state index is 11.6. The number of hydrogen-bond donors (Lipinski definition) is 2. The van der Waals surface area contributed by atoms with Crippen molar-refractivity contribution in [2.24, 2.45) is 5.92 Å². The zero-order chi connectivity index (χ0) is 15.0. The molecule has 0 aliphatic rings. The molecular formula is C15H22BrNO3. The Morgan fingerprint density at radius 2 is 2.25 bits per heavy atom. The molecular weight excluding hydrogens is 322 g/mol. The molecule has 0 bridgehead atoms. The Bertz CT molecular complexity index is 437. The Morgan fingerprint density at radius 3 is 2.90 bits per heavy atom. The third-order valence-electron chi connectivity index (χ3n) is 2.95. The van der Waals surface area contributed by atoms with Crippen LogP contribution in [0.25, 0.3) is 0 Å². The number of aliphatic hydroxyl groups excluding tert-OH is 1. The van der Waals surface area contributed by atoms with Gasteiger partial charge in [0.25, 0.3) is 5.91 Å². The first-order valence-electron chi connectivity index (χ1n) is 6.79. The maximum Gasteiger partial charge on any atom is 0.257 e. The van der Waals surface area contributed by atoms with Gasteiger partial charge in [-0.15, -0.1) is 0 Å². The number of nitrogens with one attached hydrogen (secondary N) is 1. The maximum atomic E-state index is 11.6. The number of rotatable bonds is 8. The summed E-state index contributed by atoms with van der Waals surface area (Å²) in [6.45, 7) is 4.80. The number of halogens is 1. The van der Waals surface area contributed by atoms with Crippen molar-refractivity contribution in [3.63, 3.8) is 0 Å². The lowest BCUT2D eigenvalue weighted by molar-refractivity contribution is -0.123. The van der Waals surface area contributed by atoms with Gasteiger partial charge in [0.2, 0.25) is 0 Å². The highest BCUT2D eigenvalue weighted by molar-refractivity contribution is 9.10. The van der Waals surface area contributed by atoms with Crippen LogP contribution in [-0.4, -0.2) is 30.8 Å². The summed E-state index contributed by atoms with van der Waals surface area (Å²) >= 11 is 3.40. The van der Waals surface area contributed by atoms with E-state index in [0.29, 0.717) is 12.3 Å². The second-order valence-corrected chi connectivity index (χ2v) is 5.86. The molecule has 0 aliphatic heterocycles. The van der Waals surface area contributed by atoms with Gasteiger partial charge in [-0.25, -0.2) is 0 Å². The summed E-state index contributed by atoms with van der Waals surface area (Å²) < 4.78 is 6.30. The smallest absolute Gasteiger partial charge is 0.257 e. The molecule has 0 fully saturated rings. The van der Waals surface area contributed by atoms with Crippen molar-refractivity contribution >= 4 is 21.8 Å². The van der Waals surface area contributed by atoms with Gasteiger partial charge < -0.3 is 15.2 Å². The fourth-order valence-electron chi connectivity index (χ4n) is 1.69. The first-order chi connectivity index (χ1) is 9.52. The largest absolute Gasteiger partial charge is 0.483 e. The van der Waals surface area contributed by atoms with E-state index in [0.717, 1.165) is 22.9 Å². The van der Waals surface area contributed by atoms with Crippen LogP contribution in [0.1, 0.15) is 25.3 Å². The average Bonchev–Trinajstić information content (AvgIpc) is 2.42. The van der Waals surface area contributed by atoms with Crippen molar-refractivity contribution in [3.05, 3.63) is 28.2 Å². The van der Waals surface area contributed by atoms with Gasteiger partial charge in [0, 0.05) is 13.2 Å². The lowest BCUT2D eigenvalue weighted by Gasteiger charge is -2.10. The van der Waals surface area contributed by atoms with Crippen LogP contribution < -0.4 is 10.1 Å². The summed E-state index contributed by atoms with van der Waals surface area (Å²) in [6.07, 6.45) is 1.77. The van der Waals surface area contributed by atoms with Crippen molar-refractivity contribution in [1.82, 2.24) is 5.32 Å². The van der Waals surface area contributed by atoms with Crippen molar-refractivity contribution in [1.29, 1.82) is 0 Å². The van der Waals surface area contributed by atoms with Crippen LogP contribution in [-0.2, 0) is 4.79 Å². The molecule has 5 heteroatoms. The number of hydrogen-bond acceptors (Lipinski definition) is 3. The molecule has 1 amide bonds. The monoisotopic (exact) mass is 343 g/mol. The van der Waals surface area contributed by atoms with Gasteiger partial charge in [-0.3, -0.25) is 4.79 Å². The van der Waals surface area contributed by atoms with Gasteiger partial charge in [-0.1, -0.05) is 13.0 Å². The number of ether oxygens (including phenoxy) is 1. The van der Waals surface area contributed by atoms with Gasteiger partial charge in [-0.05, 0) is 59.3 Å². The molecule has 1 rings (SSSR count). The zero-order valence-corrected chi connectivity index (χ0v) is 13.6. The first-order valence-corrected chi connectivity index (χ1v) is 7.58. The summed E-state index contributed by atoms with van der Waals surface area (Å²) in [4.78, 5) is 11.6. The Balaban J connectivity index is 2.23. The van der Waals surface area contributed by atoms with Crippen molar-refractivity contribution in [2.75, 3.05) is 19.8 Å². The molecule has 0 saturated carbocycles. The minimum absolute atomic E-state index is 0.0111. The van der Waals surface area contributed by atoms with E-state index in [4.69, 9.17) is 9.84 Å². The van der Waals surface area contributed by atoms with E-state index in [9.17, 15) is 4.79 Å². The fourth-order valence-corrected chi connectivity index (χ4v) is 2.29. The molecule has 0 aromatic heterocycles. The quantitative estimate of drug-likeness (QED) is 0.713. The van der Waals surface area contributed by atoms with Crippen molar-refractivity contribution in [3.8, 4) is 5.75 Å². The zero-order valence-electron chi connectivity index (χ0n) is 12.0. The summed E-state index contributed by atoms with van der Waals surface area (Å²) in [5, 5.41) is 11.7. The summed E-state index contributed by atoms with van der Waals surface area (Å²) in [5.41, 5.74) is 1.13. The Morgan fingerprint density at radius 1 is 1.50 bits per heavy atom. The molecule has 0 heterocycles. The van der Waals surface area contributed by atoms with E-state index >= 15 is 0 Å². The molecule has 0 aliphatic carbocycles. The fraction of sp³-hybridized carbons (Fsp3) is 0.533. The number of benzene rings is 1. The van der Waals surface area contributed by atoms with Crippen LogP contribution in [0.5, 0.6) is 5.75 Å². The van der Waals surface area contributed by atoms with E-state index in [2.05, 4.69) is 21.2 Å². The predicted molar refractivity (Wildman–Crippen MR) is 82.9 cm³/mol. The predicted octanol–water partition coefficient (Wildman–Crippen LogP) is 2.66. The average molecular weight is 344 g/mol. The van der Waals surface area contributed by atoms with Gasteiger partial charge >= 0.3 is 0 Å². The number of carbonyl (C=O) groups is 1. The van der Waals surface area contributed by atoms with Crippen LogP contribution in [0.2, 0.25) is 0 Å². The highest BCUT2D eigenvalue weighted by Gasteiger charge is 2.06. The number of carbonyl (C=O) groups excluding carboxylic acids is 1. The number of aliphatic hydroxyl groups is 1. The lowest BCUT2D eigenvalue weighted by Crippen LogP contribution is -2.30. The number of aryl methyl sites for hydroxylation is 1. The summed E-state index contributed by atoms with van der Waals surface area (Å²) in [5.74, 6) is 0.820. The second kappa shape index (κ2) is 8.97. The standard InChI is InChI=1S/C15H22BrNO3/c1-11-5-6-14(13(16)8-11)20-10-15(19)17-7-3-4-12(2)9-18/h5-6,8,12,18H,3-4,7,9-10H2,1-2H3,(H,17,19). The lowest BCUT2D eigenvalue weighted by atomic mass is 10.1. The van der Waals surface area contributed by atoms with E-state index < -0.39 is 0 Å². The molecule has 0 saturated heterocycles. The van der Waals surface area contributed by atoms with Crippen LogP contribution >= 0.6 is 15.9 Å². The highest BCUT2D eigenvalue weighted by Crippen LogP contribution is 2.25. The van der Waals surface area contributed by atoms with E-state index in [-0.39, 0.29) is 25.0 Å². The molecule has 0 radical (unpaired) electrons. The SMILES string of the molecule is Cc1ccc(OCC(=O)NCCCC(C)CO)c(Br)c1. The first kappa shape index (κ1) is 17.0. The minimum Gasteiger partial charge on any atom is -0.483 e. The van der Waals surface area contributed by atoms with Crippen LogP contribution in [0.3, 0.4) is 0 Å². The highest BCUT2D eigenvalue weighted by atomic mass is 79.9. The molecule has 0 spiro atoms. The van der Waals surface area contributed by atoms with E-state index in [1.54, 1.807) is 0 Å². The van der Waals surface area contributed by atoms with Gasteiger partial charge in [0.1, 0.15) is 5.75 Å². The van der Waals surface area contributed by atoms with Gasteiger partial charge in [-0.2, -0.15) is 0 Å². The summed E-state index contributed by atoms with van der Waals surface area (Å²) in [6, 6.07) is 5.73. The third kappa shape index (κ3) is 6.39. The molecule has 1 unspecified atom stereocenters. The van der Waals surface area contributed by atoms with Crippen LogP contribution in [0, 0.1) is 12.8 Å². The molecule has 1 aromatic carbocycles. The van der Waals surface area contributed by atoms with Crippen molar-refractivity contribution in [2.45, 2.75) is 26.7 Å². The third-order valence-corrected chi connectivity index (χ3v) is 3.57. The molecule has 4 nitrogen and oxygen atoms in total. The van der Waals surface area contributed by atoms with Crippen LogP contribution in [0.15, 0.2) is 22.7 Å². The van der Waals surface area contributed by atoms with Crippen molar-refractivity contribution < 1.29 is 14.6 Å². The molecule has 20 heavy (non-hydrogen) atoms. The normalized spacial score (nSPS) is 12.0. The van der Waals surface area contributed by atoms with E-state index in [1.807, 2.05) is 32.0 Å². The molecule has 1 aromatic rings. The van der Waals surface area contributed by atoms with Gasteiger partial charge in [0.15, 0.2) is 6.61 Å². The second-order valence-electron chi connectivity index (χ2n) is 5.00. The Labute approximate surface area is 128 Å².